The molecular formula is C32H35N7O4. The zero-order chi connectivity index (χ0) is 29.4. The van der Waals surface area contributed by atoms with E-state index in [4.69, 9.17) is 19.2 Å². The molecule has 0 bridgehead atoms. The van der Waals surface area contributed by atoms with E-state index in [-0.39, 0.29) is 12.6 Å². The number of ether oxygens (including phenoxy) is 3. The molecule has 43 heavy (non-hydrogen) atoms. The van der Waals surface area contributed by atoms with Gasteiger partial charge in [0.1, 0.15) is 12.4 Å². The fourth-order valence-corrected chi connectivity index (χ4v) is 5.11. The zero-order valence-corrected chi connectivity index (χ0v) is 24.3. The first-order valence-corrected chi connectivity index (χ1v) is 14.7. The van der Waals surface area contributed by atoms with Crippen LogP contribution >= 0.6 is 0 Å². The lowest BCUT2D eigenvalue weighted by Crippen LogP contribution is -2.21. The number of aromatic nitrogens is 6. The number of imidazole rings is 1. The molecule has 3 aromatic heterocycles. The Hall–Kier alpha value is -4.77. The van der Waals surface area contributed by atoms with Crippen molar-refractivity contribution in [2.45, 2.75) is 39.3 Å². The van der Waals surface area contributed by atoms with Crippen molar-refractivity contribution in [1.29, 1.82) is 0 Å². The average Bonchev–Trinajstić information content (AvgIpc) is 3.82. The maximum Gasteiger partial charge on any atom is 0.341 e. The molecule has 6 rings (SSSR count). The van der Waals surface area contributed by atoms with Gasteiger partial charge in [-0.25, -0.2) is 14.5 Å². The minimum absolute atomic E-state index is 0.239. The van der Waals surface area contributed by atoms with E-state index in [2.05, 4.69) is 32.1 Å². The fraction of sp³-hybridized carbons (Fsp3) is 0.344. The van der Waals surface area contributed by atoms with Gasteiger partial charge in [-0.15, -0.1) is 0 Å². The summed E-state index contributed by atoms with van der Waals surface area (Å²) in [5.74, 6) is 1.01. The summed E-state index contributed by atoms with van der Waals surface area (Å²) >= 11 is 0. The summed E-state index contributed by atoms with van der Waals surface area (Å²) in [7, 11) is 0. The van der Waals surface area contributed by atoms with Crippen molar-refractivity contribution in [3.05, 3.63) is 90.0 Å². The van der Waals surface area contributed by atoms with Crippen LogP contribution in [0.1, 0.15) is 47.7 Å². The van der Waals surface area contributed by atoms with Gasteiger partial charge in [0, 0.05) is 19.3 Å². The molecule has 0 radical (unpaired) electrons. The standard InChI is InChI=1S/C32H35N7O4/c1-2-41-31(40)26-19-34-39(21-26)32-35-29-28(30(36-32)43-22-25-9-4-3-5-10-25)38(23-33-29)20-24-11-13-27(14-12-24)42-18-8-17-37-15-6-7-16-37/h3-5,9-14,19,21,23H,2,6-8,15-18,20,22H2,1H3. The highest BCUT2D eigenvalue weighted by Gasteiger charge is 2.19. The van der Waals surface area contributed by atoms with Crippen molar-refractivity contribution < 1.29 is 19.0 Å². The van der Waals surface area contributed by atoms with Crippen LogP contribution in [0.4, 0.5) is 0 Å². The summed E-state index contributed by atoms with van der Waals surface area (Å²) in [5, 5.41) is 4.27. The van der Waals surface area contributed by atoms with Crippen LogP contribution in [0.2, 0.25) is 0 Å². The van der Waals surface area contributed by atoms with E-state index in [1.165, 1.54) is 43.0 Å². The number of carbonyl (C=O) groups excluding carboxylic acids is 1. The molecule has 2 aromatic carbocycles. The van der Waals surface area contributed by atoms with E-state index < -0.39 is 5.97 Å². The lowest BCUT2D eigenvalue weighted by atomic mass is 10.2. The van der Waals surface area contributed by atoms with Gasteiger partial charge in [0.05, 0.1) is 31.3 Å². The number of fused-ring (bicyclic) bond motifs is 1. The van der Waals surface area contributed by atoms with Crippen LogP contribution in [0, 0.1) is 0 Å². The molecule has 5 aromatic rings. The van der Waals surface area contributed by atoms with E-state index in [1.54, 1.807) is 13.3 Å². The van der Waals surface area contributed by atoms with Crippen LogP contribution in [0.3, 0.4) is 0 Å². The van der Waals surface area contributed by atoms with Gasteiger partial charge in [0.25, 0.3) is 5.95 Å². The second-order valence-electron chi connectivity index (χ2n) is 10.4. The minimum atomic E-state index is -0.460. The molecule has 0 spiro atoms. The number of esters is 1. The number of hydrogen-bond acceptors (Lipinski definition) is 9. The smallest absolute Gasteiger partial charge is 0.341 e. The van der Waals surface area contributed by atoms with Gasteiger partial charge in [-0.1, -0.05) is 42.5 Å². The molecule has 0 N–H and O–H groups in total. The number of likely N-dealkylation sites (tertiary alicyclic amines) is 1. The summed E-state index contributed by atoms with van der Waals surface area (Å²) < 4.78 is 20.7. The molecule has 0 unspecified atom stereocenters. The maximum absolute atomic E-state index is 12.2. The average molecular weight is 582 g/mol. The lowest BCUT2D eigenvalue weighted by Gasteiger charge is -2.14. The van der Waals surface area contributed by atoms with Crippen LogP contribution in [-0.4, -0.2) is 73.0 Å². The SMILES string of the molecule is CCOC(=O)c1cnn(-c2nc(OCc3ccccc3)c3c(ncn3Cc3ccc(OCCCN4CCCC4)cc3)n2)c1. The Kier molecular flexibility index (Phi) is 8.88. The third kappa shape index (κ3) is 7.00. The summed E-state index contributed by atoms with van der Waals surface area (Å²) in [4.78, 5) is 28.6. The number of carbonyl (C=O) groups is 1. The Morgan fingerprint density at radius 3 is 2.56 bits per heavy atom. The number of hydrogen-bond donors (Lipinski definition) is 0. The molecule has 4 heterocycles. The van der Waals surface area contributed by atoms with Gasteiger partial charge in [-0.2, -0.15) is 15.1 Å². The second-order valence-corrected chi connectivity index (χ2v) is 10.4. The van der Waals surface area contributed by atoms with Crippen LogP contribution in [0.5, 0.6) is 11.6 Å². The molecule has 11 nitrogen and oxygen atoms in total. The van der Waals surface area contributed by atoms with E-state index in [1.807, 2.05) is 47.0 Å². The predicted octanol–water partition coefficient (Wildman–Crippen LogP) is 4.68. The first kappa shape index (κ1) is 28.4. The van der Waals surface area contributed by atoms with Crippen molar-refractivity contribution in [2.75, 3.05) is 32.8 Å². The van der Waals surface area contributed by atoms with E-state index in [9.17, 15) is 4.79 Å². The van der Waals surface area contributed by atoms with Crippen LogP contribution < -0.4 is 9.47 Å². The van der Waals surface area contributed by atoms with E-state index in [0.717, 1.165) is 29.8 Å². The fourth-order valence-electron chi connectivity index (χ4n) is 5.11. The van der Waals surface area contributed by atoms with Crippen molar-refractivity contribution in [3.63, 3.8) is 0 Å². The summed E-state index contributed by atoms with van der Waals surface area (Å²) in [6.07, 6.45) is 8.34. The number of rotatable bonds is 13. The highest BCUT2D eigenvalue weighted by molar-refractivity contribution is 5.88. The van der Waals surface area contributed by atoms with Gasteiger partial charge in [-0.3, -0.25) is 0 Å². The zero-order valence-electron chi connectivity index (χ0n) is 24.3. The molecule has 0 aliphatic carbocycles. The van der Waals surface area contributed by atoms with Crippen molar-refractivity contribution in [3.8, 4) is 17.6 Å². The van der Waals surface area contributed by atoms with Crippen LogP contribution in [-0.2, 0) is 17.9 Å². The summed E-state index contributed by atoms with van der Waals surface area (Å²) in [6.45, 7) is 7.12. The first-order valence-electron chi connectivity index (χ1n) is 14.7. The van der Waals surface area contributed by atoms with Crippen LogP contribution in [0.15, 0.2) is 73.3 Å². The van der Waals surface area contributed by atoms with E-state index >= 15 is 0 Å². The van der Waals surface area contributed by atoms with Crippen molar-refractivity contribution in [2.24, 2.45) is 0 Å². The molecule has 222 valence electrons. The van der Waals surface area contributed by atoms with Crippen molar-refractivity contribution in [1.82, 2.24) is 34.2 Å². The summed E-state index contributed by atoms with van der Waals surface area (Å²) in [5.41, 5.74) is 3.51. The first-order chi connectivity index (χ1) is 21.2. The molecule has 0 amide bonds. The summed E-state index contributed by atoms with van der Waals surface area (Å²) in [6, 6.07) is 18.0. The molecule has 1 fully saturated rings. The lowest BCUT2D eigenvalue weighted by molar-refractivity contribution is 0.0526. The quantitative estimate of drug-likeness (QED) is 0.145. The van der Waals surface area contributed by atoms with Crippen LogP contribution in [0.25, 0.3) is 17.1 Å². The molecule has 1 aliphatic rings. The Morgan fingerprint density at radius 2 is 1.77 bits per heavy atom. The largest absolute Gasteiger partial charge is 0.494 e. The third-order valence-corrected chi connectivity index (χ3v) is 7.31. The molecule has 1 aliphatic heterocycles. The molecule has 0 saturated carbocycles. The molecule has 0 atom stereocenters. The van der Waals surface area contributed by atoms with Gasteiger partial charge in [0.15, 0.2) is 11.2 Å². The highest BCUT2D eigenvalue weighted by Crippen LogP contribution is 2.26. The Bertz CT molecular complexity index is 1640. The topological polar surface area (TPSA) is 109 Å². The van der Waals surface area contributed by atoms with Crippen molar-refractivity contribution >= 4 is 17.1 Å². The highest BCUT2D eigenvalue weighted by atomic mass is 16.5. The van der Waals surface area contributed by atoms with Gasteiger partial charge in [-0.05, 0) is 62.5 Å². The number of benzene rings is 2. The molecule has 11 heteroatoms. The molecular weight excluding hydrogens is 546 g/mol. The van der Waals surface area contributed by atoms with E-state index in [0.29, 0.717) is 42.4 Å². The normalized spacial score (nSPS) is 13.4. The predicted molar refractivity (Wildman–Crippen MR) is 161 cm³/mol. The van der Waals surface area contributed by atoms with Gasteiger partial charge < -0.3 is 23.7 Å². The Labute approximate surface area is 250 Å². The maximum atomic E-state index is 12.2. The Morgan fingerprint density at radius 1 is 0.953 bits per heavy atom. The Balaban J connectivity index is 1.20. The number of nitrogens with zero attached hydrogens (tertiary/aromatic N) is 7. The molecule has 1 saturated heterocycles. The monoisotopic (exact) mass is 581 g/mol. The minimum Gasteiger partial charge on any atom is -0.494 e. The van der Waals surface area contributed by atoms with Gasteiger partial charge in [0.2, 0.25) is 5.88 Å². The third-order valence-electron chi connectivity index (χ3n) is 7.31. The van der Waals surface area contributed by atoms with Gasteiger partial charge >= 0.3 is 5.97 Å². The second kappa shape index (κ2) is 13.5.